The maximum Gasteiger partial charge on any atom is 0.257 e. The summed E-state index contributed by atoms with van der Waals surface area (Å²) in [5.74, 6) is -1.03. The third-order valence-electron chi connectivity index (χ3n) is 3.44. The van der Waals surface area contributed by atoms with Crippen LogP contribution < -0.4 is 5.32 Å². The summed E-state index contributed by atoms with van der Waals surface area (Å²) in [5.41, 5.74) is -1.61. The number of halogens is 2. The number of aromatic hydroxyl groups is 1. The van der Waals surface area contributed by atoms with E-state index in [-0.39, 0.29) is 38.1 Å². The van der Waals surface area contributed by atoms with Crippen LogP contribution in [-0.2, 0) is 10.4 Å². The smallest absolute Gasteiger partial charge is 0.257 e. The molecule has 1 amide bonds. The predicted octanol–water partition coefficient (Wildman–Crippen LogP) is 1.65. The molecular weight excluding hydrogens is 381 g/mol. The molecule has 3 N–H and O–H groups in total. The van der Waals surface area contributed by atoms with Gasteiger partial charge in [0.25, 0.3) is 5.91 Å². The van der Waals surface area contributed by atoms with Gasteiger partial charge in [0.2, 0.25) is 0 Å². The number of amides is 1. The highest BCUT2D eigenvalue weighted by atomic mass is 127. The van der Waals surface area contributed by atoms with Crippen molar-refractivity contribution in [3.8, 4) is 5.75 Å². The summed E-state index contributed by atoms with van der Waals surface area (Å²) in [6.07, 6.45) is 1.86. The molecule has 0 aromatic heterocycles. The molecule has 3 atom stereocenters. The van der Waals surface area contributed by atoms with E-state index in [1.54, 1.807) is 0 Å². The van der Waals surface area contributed by atoms with Crippen LogP contribution in [0.5, 0.6) is 5.75 Å². The Morgan fingerprint density at radius 3 is 3.00 bits per heavy atom. The number of hydrogen-bond donors (Lipinski definition) is 3. The van der Waals surface area contributed by atoms with Crippen LogP contribution in [0.2, 0.25) is 5.02 Å². The van der Waals surface area contributed by atoms with Gasteiger partial charge in [-0.25, -0.2) is 0 Å². The van der Waals surface area contributed by atoms with Gasteiger partial charge in [0.1, 0.15) is 5.75 Å². The molecule has 2 heterocycles. The van der Waals surface area contributed by atoms with E-state index in [2.05, 4.69) is 5.32 Å². The molecule has 2 aliphatic heterocycles. The van der Waals surface area contributed by atoms with Crippen LogP contribution in [0.25, 0.3) is 0 Å². The highest BCUT2D eigenvalue weighted by Crippen LogP contribution is 2.44. The van der Waals surface area contributed by atoms with Gasteiger partial charge in [-0.05, 0) is 26.3 Å². The van der Waals surface area contributed by atoms with Crippen molar-refractivity contribution in [2.24, 2.45) is 5.92 Å². The van der Waals surface area contributed by atoms with Gasteiger partial charge in [0.15, 0.2) is 5.60 Å². The third-order valence-corrected chi connectivity index (χ3v) is 5.70. The van der Waals surface area contributed by atoms with Crippen molar-refractivity contribution in [3.63, 3.8) is 0 Å². The van der Waals surface area contributed by atoms with E-state index in [0.717, 1.165) is 0 Å². The number of carbonyl (C=O) groups excluding carboxylic acids is 1. The number of rotatable bonds is 1. The lowest BCUT2D eigenvalue weighted by molar-refractivity contribution is -0.138. The lowest BCUT2D eigenvalue weighted by Gasteiger charge is -2.28. The molecule has 0 bridgehead atoms. The Balaban J connectivity index is 2.16. The standard InChI is InChI=1S/C13H11ClINO3/c14-7-1-2-11(17)9(5-7)13(19)8-3-4-15-6-10(8)16-12(13)18/h1-6,8,10,17,19H,(H,16,18). The minimum absolute atomic E-state index is 0.128. The maximum atomic E-state index is 12.2. The van der Waals surface area contributed by atoms with Gasteiger partial charge in [-0.15, -0.1) is 0 Å². The van der Waals surface area contributed by atoms with Gasteiger partial charge < -0.3 is 15.5 Å². The molecule has 2 aliphatic rings. The van der Waals surface area contributed by atoms with Crippen LogP contribution in [0.15, 0.2) is 28.4 Å². The predicted molar refractivity (Wildman–Crippen MR) is 81.7 cm³/mol. The number of hydrogen-bond acceptors (Lipinski definition) is 3. The summed E-state index contributed by atoms with van der Waals surface area (Å²) in [6, 6.07) is 4.17. The molecule has 0 saturated carbocycles. The van der Waals surface area contributed by atoms with Crippen molar-refractivity contribution >= 4 is 42.3 Å². The normalized spacial score (nSPS) is 32.6. The molecule has 100 valence electrons. The van der Waals surface area contributed by atoms with E-state index in [0.29, 0.717) is 5.02 Å². The molecule has 0 aliphatic carbocycles. The Morgan fingerprint density at radius 1 is 1.42 bits per heavy atom. The Labute approximate surface area is 124 Å². The van der Waals surface area contributed by atoms with Gasteiger partial charge >= 0.3 is 0 Å². The maximum absolute atomic E-state index is 12.2. The Hall–Kier alpha value is -0.920. The van der Waals surface area contributed by atoms with Crippen LogP contribution in [0.1, 0.15) is 5.56 Å². The molecule has 1 saturated heterocycles. The van der Waals surface area contributed by atoms with Crippen LogP contribution in [0.3, 0.4) is 0 Å². The minimum Gasteiger partial charge on any atom is -0.508 e. The molecule has 3 unspecified atom stereocenters. The van der Waals surface area contributed by atoms with E-state index >= 15 is 0 Å². The fraction of sp³-hybridized carbons (Fsp3) is 0.231. The number of phenolic OH excluding ortho intramolecular Hbond substituents is 1. The number of nitrogens with one attached hydrogen (secondary N) is 1. The lowest BCUT2D eigenvalue weighted by atomic mass is 9.80. The van der Waals surface area contributed by atoms with Crippen molar-refractivity contribution in [2.75, 3.05) is 0 Å². The van der Waals surface area contributed by atoms with Gasteiger partial charge in [-0.3, -0.25) is 4.79 Å². The van der Waals surface area contributed by atoms with E-state index < -0.39 is 17.4 Å². The molecule has 19 heavy (non-hydrogen) atoms. The molecule has 4 nitrogen and oxygen atoms in total. The fourth-order valence-electron chi connectivity index (χ4n) is 2.49. The van der Waals surface area contributed by atoms with Crippen LogP contribution >= 0.6 is 32.3 Å². The second kappa shape index (κ2) is 4.57. The van der Waals surface area contributed by atoms with Crippen molar-refractivity contribution in [3.05, 3.63) is 38.9 Å². The number of fused-ring (bicyclic) bond motifs is 1. The molecule has 0 spiro atoms. The quantitative estimate of drug-likeness (QED) is 0.638. The van der Waals surface area contributed by atoms with Gasteiger partial charge in [-0.1, -0.05) is 38.4 Å². The summed E-state index contributed by atoms with van der Waals surface area (Å²) >= 11 is 5.72. The van der Waals surface area contributed by atoms with E-state index in [1.165, 1.54) is 18.2 Å². The SMILES string of the molecule is O=C1NC2C=IC=CC2C1(O)c1cc(Cl)ccc1O. The second-order valence-corrected chi connectivity index (χ2v) is 7.12. The number of aliphatic hydroxyl groups is 1. The first-order valence-corrected chi connectivity index (χ1v) is 8.54. The first-order valence-electron chi connectivity index (χ1n) is 5.68. The summed E-state index contributed by atoms with van der Waals surface area (Å²) in [7, 11) is 0. The number of carbonyl (C=O) groups is 1. The summed E-state index contributed by atoms with van der Waals surface area (Å²) < 4.78 is 4.05. The largest absolute Gasteiger partial charge is 0.508 e. The van der Waals surface area contributed by atoms with Crippen molar-refractivity contribution < 1.29 is 15.0 Å². The molecule has 0 radical (unpaired) electrons. The van der Waals surface area contributed by atoms with Crippen molar-refractivity contribution in [1.82, 2.24) is 5.32 Å². The lowest BCUT2D eigenvalue weighted by Crippen LogP contribution is -2.39. The van der Waals surface area contributed by atoms with Gasteiger partial charge in [0, 0.05) is 16.5 Å². The zero-order chi connectivity index (χ0) is 13.6. The van der Waals surface area contributed by atoms with E-state index in [4.69, 9.17) is 11.6 Å². The average Bonchev–Trinajstić information content (AvgIpc) is 2.66. The van der Waals surface area contributed by atoms with Gasteiger partial charge in [0.05, 0.1) is 6.04 Å². The monoisotopic (exact) mass is 391 g/mol. The zero-order valence-electron chi connectivity index (χ0n) is 9.68. The van der Waals surface area contributed by atoms with Crippen LogP contribution in [0, 0.1) is 5.92 Å². The highest BCUT2D eigenvalue weighted by Gasteiger charge is 2.55. The fourth-order valence-corrected chi connectivity index (χ4v) is 4.66. The first-order chi connectivity index (χ1) is 9.03. The summed E-state index contributed by atoms with van der Waals surface area (Å²) in [4.78, 5) is 12.2. The van der Waals surface area contributed by atoms with Gasteiger partial charge in [-0.2, -0.15) is 0 Å². The van der Waals surface area contributed by atoms with E-state index in [1.807, 2.05) is 14.2 Å². The zero-order valence-corrected chi connectivity index (χ0v) is 12.6. The second-order valence-electron chi connectivity index (χ2n) is 4.52. The molecule has 1 aromatic rings. The Morgan fingerprint density at radius 2 is 2.21 bits per heavy atom. The van der Waals surface area contributed by atoms with Crippen LogP contribution in [0.4, 0.5) is 0 Å². The topological polar surface area (TPSA) is 69.6 Å². The number of benzene rings is 1. The summed E-state index contributed by atoms with van der Waals surface area (Å²) in [5, 5.41) is 23.9. The van der Waals surface area contributed by atoms with E-state index in [9.17, 15) is 15.0 Å². The molecular formula is C13H11ClINO3. The third kappa shape index (κ3) is 1.91. The number of phenols is 1. The van der Waals surface area contributed by atoms with Crippen molar-refractivity contribution in [1.29, 1.82) is 0 Å². The molecule has 1 fully saturated rings. The summed E-state index contributed by atoms with van der Waals surface area (Å²) in [6.45, 7) is 0. The highest BCUT2D eigenvalue weighted by molar-refractivity contribution is 14.2. The van der Waals surface area contributed by atoms with Crippen molar-refractivity contribution in [2.45, 2.75) is 11.6 Å². The molecule has 1 aromatic carbocycles. The molecule has 3 rings (SSSR count). The minimum atomic E-state index is -1.77. The Bertz CT molecular complexity index is 616. The first kappa shape index (κ1) is 13.1. The average molecular weight is 392 g/mol. The molecule has 6 heteroatoms. The Kier molecular flexibility index (Phi) is 3.15. The van der Waals surface area contributed by atoms with Crippen LogP contribution in [-0.4, -0.2) is 26.2 Å².